The number of rotatable bonds is 6. The van der Waals surface area contributed by atoms with Crippen LogP contribution in [-0.2, 0) is 11.2 Å². The van der Waals surface area contributed by atoms with Gasteiger partial charge in [0.1, 0.15) is 13.2 Å². The number of hydrogen-bond donors (Lipinski definition) is 1. The highest BCUT2D eigenvalue weighted by molar-refractivity contribution is 5.79. The summed E-state index contributed by atoms with van der Waals surface area (Å²) in [6.07, 6.45) is 3.91. The van der Waals surface area contributed by atoms with Gasteiger partial charge >= 0.3 is 0 Å². The second-order valence-corrected chi connectivity index (χ2v) is 7.50. The van der Waals surface area contributed by atoms with Crippen LogP contribution in [-0.4, -0.2) is 28.9 Å². The fourth-order valence-corrected chi connectivity index (χ4v) is 3.47. The molecule has 0 saturated carbocycles. The molecule has 0 aliphatic carbocycles. The minimum absolute atomic E-state index is 0.0359. The van der Waals surface area contributed by atoms with Crippen LogP contribution in [0.2, 0.25) is 0 Å². The fourth-order valence-electron chi connectivity index (χ4n) is 3.47. The average Bonchev–Trinajstić information content (AvgIpc) is 3.20. The first-order chi connectivity index (χ1) is 14.1. The summed E-state index contributed by atoms with van der Waals surface area (Å²) >= 11 is 0. The van der Waals surface area contributed by atoms with Gasteiger partial charge in [0.25, 0.3) is 0 Å². The number of para-hydroxylation sites is 1. The van der Waals surface area contributed by atoms with Gasteiger partial charge in [-0.15, -0.1) is 0 Å². The van der Waals surface area contributed by atoms with Crippen LogP contribution in [0, 0.1) is 5.92 Å². The monoisotopic (exact) mass is 391 g/mol. The molecule has 0 radical (unpaired) electrons. The molecule has 1 N–H and O–H groups in total. The molecule has 0 fully saturated rings. The number of aromatic nitrogens is 2. The third-order valence-electron chi connectivity index (χ3n) is 4.93. The predicted molar refractivity (Wildman–Crippen MR) is 110 cm³/mol. The van der Waals surface area contributed by atoms with Crippen LogP contribution in [0.1, 0.15) is 31.0 Å². The molecule has 2 aromatic carbocycles. The molecule has 4 rings (SSSR count). The van der Waals surface area contributed by atoms with E-state index in [1.807, 2.05) is 54.7 Å². The fraction of sp³-hybridized carbons (Fsp3) is 0.304. The minimum atomic E-state index is -0.109. The molecule has 1 amide bonds. The molecule has 1 aromatic heterocycles. The lowest BCUT2D eigenvalue weighted by atomic mass is 9.95. The number of ether oxygens (including phenoxy) is 2. The lowest BCUT2D eigenvalue weighted by molar-refractivity contribution is -0.121. The van der Waals surface area contributed by atoms with Crippen LogP contribution in [0.3, 0.4) is 0 Å². The van der Waals surface area contributed by atoms with Gasteiger partial charge in [0.2, 0.25) is 5.91 Å². The molecule has 0 saturated heterocycles. The highest BCUT2D eigenvalue weighted by Crippen LogP contribution is 2.34. The van der Waals surface area contributed by atoms with E-state index in [1.165, 1.54) is 0 Å². The van der Waals surface area contributed by atoms with Gasteiger partial charge in [-0.3, -0.25) is 4.79 Å². The summed E-state index contributed by atoms with van der Waals surface area (Å²) in [4.78, 5) is 12.7. The molecule has 6 heteroatoms. The van der Waals surface area contributed by atoms with Crippen molar-refractivity contribution < 1.29 is 14.3 Å². The number of fused-ring (bicyclic) bond motifs is 1. The molecule has 2 heterocycles. The quantitative estimate of drug-likeness (QED) is 0.696. The van der Waals surface area contributed by atoms with Crippen LogP contribution in [0.4, 0.5) is 0 Å². The number of carbonyl (C=O) groups is 1. The Morgan fingerprint density at radius 3 is 2.62 bits per heavy atom. The summed E-state index contributed by atoms with van der Waals surface area (Å²) in [6.45, 7) is 5.29. The van der Waals surface area contributed by atoms with E-state index in [9.17, 15) is 4.79 Å². The zero-order chi connectivity index (χ0) is 20.2. The maximum absolute atomic E-state index is 12.7. The highest BCUT2D eigenvalue weighted by Gasteiger charge is 2.21. The summed E-state index contributed by atoms with van der Waals surface area (Å²) in [5, 5.41) is 7.53. The third kappa shape index (κ3) is 4.42. The topological polar surface area (TPSA) is 65.4 Å². The van der Waals surface area contributed by atoms with Crippen LogP contribution in [0.5, 0.6) is 11.5 Å². The number of benzene rings is 2. The first-order valence-electron chi connectivity index (χ1n) is 9.88. The van der Waals surface area contributed by atoms with Crippen molar-refractivity contribution in [1.29, 1.82) is 0 Å². The van der Waals surface area contributed by atoms with E-state index in [-0.39, 0.29) is 24.3 Å². The minimum Gasteiger partial charge on any atom is -0.486 e. The number of amides is 1. The van der Waals surface area contributed by atoms with E-state index in [2.05, 4.69) is 24.3 Å². The van der Waals surface area contributed by atoms with Gasteiger partial charge in [0, 0.05) is 6.20 Å². The van der Waals surface area contributed by atoms with Crippen molar-refractivity contribution in [3.8, 4) is 17.2 Å². The molecular formula is C23H25N3O3. The van der Waals surface area contributed by atoms with Crippen molar-refractivity contribution in [2.45, 2.75) is 26.3 Å². The summed E-state index contributed by atoms with van der Waals surface area (Å²) in [7, 11) is 0. The molecule has 0 unspecified atom stereocenters. The summed E-state index contributed by atoms with van der Waals surface area (Å²) in [5.74, 6) is 1.68. The highest BCUT2D eigenvalue weighted by atomic mass is 16.6. The molecule has 1 aliphatic rings. The normalized spacial score (nSPS) is 13.9. The second-order valence-electron chi connectivity index (χ2n) is 7.50. The van der Waals surface area contributed by atoms with Gasteiger partial charge in [0.15, 0.2) is 11.5 Å². The number of nitrogens with one attached hydrogen (secondary N) is 1. The summed E-state index contributed by atoms with van der Waals surface area (Å²) in [5.41, 5.74) is 2.85. The maximum Gasteiger partial charge on any atom is 0.225 e. The SMILES string of the molecule is CC(C)[C@H](NC(=O)Cc1cnn(-c2ccccc2)c1)c1ccc2c(c1)OCCO2. The smallest absolute Gasteiger partial charge is 0.225 e. The van der Waals surface area contributed by atoms with Crippen molar-refractivity contribution in [3.63, 3.8) is 0 Å². The van der Waals surface area contributed by atoms with Crippen molar-refractivity contribution >= 4 is 5.91 Å². The van der Waals surface area contributed by atoms with Gasteiger partial charge in [-0.05, 0) is 41.3 Å². The van der Waals surface area contributed by atoms with E-state index in [1.54, 1.807) is 10.9 Å². The molecule has 1 aliphatic heterocycles. The lowest BCUT2D eigenvalue weighted by Crippen LogP contribution is -2.33. The van der Waals surface area contributed by atoms with E-state index in [0.717, 1.165) is 28.3 Å². The predicted octanol–water partition coefficient (Wildman–Crippen LogP) is 3.70. The molecule has 6 nitrogen and oxygen atoms in total. The van der Waals surface area contributed by atoms with Gasteiger partial charge in [-0.2, -0.15) is 5.10 Å². The molecule has 3 aromatic rings. The van der Waals surface area contributed by atoms with Gasteiger partial charge < -0.3 is 14.8 Å². The Labute approximate surface area is 170 Å². The third-order valence-corrected chi connectivity index (χ3v) is 4.93. The van der Waals surface area contributed by atoms with E-state index >= 15 is 0 Å². The van der Waals surface area contributed by atoms with Crippen molar-refractivity contribution in [3.05, 3.63) is 72.1 Å². The molecular weight excluding hydrogens is 366 g/mol. The Balaban J connectivity index is 1.45. The Morgan fingerprint density at radius 1 is 1.10 bits per heavy atom. The first-order valence-corrected chi connectivity index (χ1v) is 9.88. The molecule has 150 valence electrons. The Hall–Kier alpha value is -3.28. The van der Waals surface area contributed by atoms with Crippen LogP contribution >= 0.6 is 0 Å². The summed E-state index contributed by atoms with van der Waals surface area (Å²) < 4.78 is 13.1. The number of carbonyl (C=O) groups excluding carboxylic acids is 1. The van der Waals surface area contributed by atoms with Crippen LogP contribution in [0.15, 0.2) is 60.9 Å². The van der Waals surface area contributed by atoms with Gasteiger partial charge in [-0.1, -0.05) is 38.1 Å². The van der Waals surface area contributed by atoms with E-state index < -0.39 is 0 Å². The van der Waals surface area contributed by atoms with E-state index in [4.69, 9.17) is 9.47 Å². The number of nitrogens with zero attached hydrogens (tertiary/aromatic N) is 2. The average molecular weight is 391 g/mol. The summed E-state index contributed by atoms with van der Waals surface area (Å²) in [6, 6.07) is 15.6. The van der Waals surface area contributed by atoms with Crippen LogP contribution in [0.25, 0.3) is 5.69 Å². The van der Waals surface area contributed by atoms with Crippen molar-refractivity contribution in [1.82, 2.24) is 15.1 Å². The van der Waals surface area contributed by atoms with Crippen molar-refractivity contribution in [2.75, 3.05) is 13.2 Å². The van der Waals surface area contributed by atoms with Gasteiger partial charge in [-0.25, -0.2) is 4.68 Å². The molecule has 29 heavy (non-hydrogen) atoms. The standard InChI is InChI=1S/C23H25N3O3/c1-16(2)23(18-8-9-20-21(13-18)29-11-10-28-20)25-22(27)12-17-14-24-26(15-17)19-6-4-3-5-7-19/h3-9,13-16,23H,10-12H2,1-2H3,(H,25,27)/t23-/m0/s1. The molecule has 1 atom stereocenters. The maximum atomic E-state index is 12.7. The zero-order valence-corrected chi connectivity index (χ0v) is 16.7. The van der Waals surface area contributed by atoms with E-state index in [0.29, 0.717) is 13.2 Å². The largest absolute Gasteiger partial charge is 0.486 e. The lowest BCUT2D eigenvalue weighted by Gasteiger charge is -2.25. The Morgan fingerprint density at radius 2 is 1.86 bits per heavy atom. The second kappa shape index (κ2) is 8.39. The Kier molecular flexibility index (Phi) is 5.51. The van der Waals surface area contributed by atoms with Crippen LogP contribution < -0.4 is 14.8 Å². The first kappa shape index (κ1) is 19.1. The molecule has 0 spiro atoms. The number of hydrogen-bond acceptors (Lipinski definition) is 4. The zero-order valence-electron chi connectivity index (χ0n) is 16.7. The van der Waals surface area contributed by atoms with Crippen molar-refractivity contribution in [2.24, 2.45) is 5.92 Å². The Bertz CT molecular complexity index is 982. The molecule has 0 bridgehead atoms. The van der Waals surface area contributed by atoms with Gasteiger partial charge in [0.05, 0.1) is 24.3 Å².